The Hall–Kier alpha value is -1.26. The summed E-state index contributed by atoms with van der Waals surface area (Å²) in [6.45, 7) is 9.23. The van der Waals surface area contributed by atoms with Crippen LogP contribution in [0.1, 0.15) is 58.9 Å². The second-order valence-electron chi connectivity index (χ2n) is 7.44. The van der Waals surface area contributed by atoms with E-state index in [1.807, 2.05) is 34.6 Å². The molecular formula is C19H26Cl2O4. The fourth-order valence-electron chi connectivity index (χ4n) is 2.47. The highest BCUT2D eigenvalue weighted by Crippen LogP contribution is 2.31. The maximum atomic E-state index is 12.2. The lowest BCUT2D eigenvalue weighted by Crippen LogP contribution is -2.30. The molecule has 0 amide bonds. The van der Waals surface area contributed by atoms with Gasteiger partial charge >= 0.3 is 11.9 Å². The number of benzene rings is 1. The smallest absolute Gasteiger partial charge is 0.310 e. The molecular weight excluding hydrogens is 363 g/mol. The topological polar surface area (TPSA) is 63.6 Å². The molecule has 1 aromatic carbocycles. The van der Waals surface area contributed by atoms with Gasteiger partial charge in [-0.2, -0.15) is 0 Å². The molecule has 0 saturated carbocycles. The van der Waals surface area contributed by atoms with Crippen molar-refractivity contribution >= 4 is 35.1 Å². The van der Waals surface area contributed by atoms with Gasteiger partial charge in [0.05, 0.1) is 21.9 Å². The number of halogens is 2. The standard InChI is InChI=1S/C19H26Cl2O4/c1-11(12(2)18(24)25-19(3,4)5)6-8-14(17(22)23)13-7-9-15(20)16(21)10-13/h7,9-12,14H,6,8H2,1-5H3,(H,22,23). The molecule has 0 heterocycles. The summed E-state index contributed by atoms with van der Waals surface area (Å²) in [5, 5.41) is 10.3. The number of aliphatic carboxylic acids is 1. The molecule has 0 fully saturated rings. The summed E-state index contributed by atoms with van der Waals surface area (Å²) in [7, 11) is 0. The van der Waals surface area contributed by atoms with Crippen molar-refractivity contribution in [1.29, 1.82) is 0 Å². The first kappa shape index (κ1) is 21.8. The molecule has 0 aliphatic carbocycles. The largest absolute Gasteiger partial charge is 0.481 e. The van der Waals surface area contributed by atoms with Crippen molar-refractivity contribution in [2.24, 2.45) is 11.8 Å². The van der Waals surface area contributed by atoms with Gasteiger partial charge in [0.25, 0.3) is 0 Å². The molecule has 6 heteroatoms. The van der Waals surface area contributed by atoms with Crippen molar-refractivity contribution in [2.75, 3.05) is 0 Å². The van der Waals surface area contributed by atoms with Crippen molar-refractivity contribution in [1.82, 2.24) is 0 Å². The van der Waals surface area contributed by atoms with E-state index in [-0.39, 0.29) is 17.8 Å². The van der Waals surface area contributed by atoms with Crippen LogP contribution in [0.5, 0.6) is 0 Å². The monoisotopic (exact) mass is 388 g/mol. The Morgan fingerprint density at radius 1 is 1.12 bits per heavy atom. The van der Waals surface area contributed by atoms with E-state index in [1.54, 1.807) is 18.2 Å². The lowest BCUT2D eigenvalue weighted by atomic mass is 9.86. The summed E-state index contributed by atoms with van der Waals surface area (Å²) in [6.07, 6.45) is 0.985. The number of carbonyl (C=O) groups excluding carboxylic acids is 1. The predicted octanol–water partition coefficient (Wildman–Crippen LogP) is 5.56. The fourth-order valence-corrected chi connectivity index (χ4v) is 2.77. The molecule has 0 aliphatic rings. The molecule has 0 aliphatic heterocycles. The number of rotatable bonds is 7. The highest BCUT2D eigenvalue weighted by atomic mass is 35.5. The Balaban J connectivity index is 2.75. The molecule has 4 nitrogen and oxygen atoms in total. The molecule has 1 rings (SSSR count). The maximum absolute atomic E-state index is 12.2. The van der Waals surface area contributed by atoms with E-state index in [2.05, 4.69) is 0 Å². The molecule has 3 unspecified atom stereocenters. The molecule has 0 saturated heterocycles. The minimum atomic E-state index is -0.921. The number of ether oxygens (including phenoxy) is 1. The van der Waals surface area contributed by atoms with E-state index in [9.17, 15) is 14.7 Å². The van der Waals surface area contributed by atoms with E-state index >= 15 is 0 Å². The number of hydrogen-bond acceptors (Lipinski definition) is 3. The van der Waals surface area contributed by atoms with Crippen LogP contribution in [0.3, 0.4) is 0 Å². The minimum Gasteiger partial charge on any atom is -0.481 e. The third kappa shape index (κ3) is 6.87. The summed E-state index contributed by atoms with van der Waals surface area (Å²) in [5.41, 5.74) is 0.0772. The lowest BCUT2D eigenvalue weighted by molar-refractivity contribution is -0.161. The summed E-state index contributed by atoms with van der Waals surface area (Å²) in [6, 6.07) is 4.86. The van der Waals surface area contributed by atoms with Crippen LogP contribution in [0.15, 0.2) is 18.2 Å². The minimum absolute atomic E-state index is 0.000489. The van der Waals surface area contributed by atoms with Gasteiger partial charge in [0.2, 0.25) is 0 Å². The summed E-state index contributed by atoms with van der Waals surface area (Å²) in [5.74, 6) is -2.18. The number of carbonyl (C=O) groups is 2. The van der Waals surface area contributed by atoms with E-state index < -0.39 is 17.5 Å². The summed E-state index contributed by atoms with van der Waals surface area (Å²) in [4.78, 5) is 23.8. The van der Waals surface area contributed by atoms with Crippen molar-refractivity contribution in [3.63, 3.8) is 0 Å². The van der Waals surface area contributed by atoms with Gasteiger partial charge in [-0.05, 0) is 57.2 Å². The van der Waals surface area contributed by atoms with Crippen molar-refractivity contribution < 1.29 is 19.4 Å². The van der Waals surface area contributed by atoms with E-state index in [1.165, 1.54) is 0 Å². The first-order valence-corrected chi connectivity index (χ1v) is 9.08. The summed E-state index contributed by atoms with van der Waals surface area (Å²) < 4.78 is 5.40. The van der Waals surface area contributed by atoms with Crippen LogP contribution in [0.4, 0.5) is 0 Å². The SMILES string of the molecule is CC(CCC(C(=O)O)c1ccc(Cl)c(Cl)c1)C(C)C(=O)OC(C)(C)C. The Morgan fingerprint density at radius 3 is 2.20 bits per heavy atom. The third-order valence-electron chi connectivity index (χ3n) is 4.19. The van der Waals surface area contributed by atoms with E-state index in [0.29, 0.717) is 28.5 Å². The second-order valence-corrected chi connectivity index (χ2v) is 8.26. The maximum Gasteiger partial charge on any atom is 0.310 e. The van der Waals surface area contributed by atoms with Crippen molar-refractivity contribution in [3.8, 4) is 0 Å². The van der Waals surface area contributed by atoms with Gasteiger partial charge in [0.1, 0.15) is 5.60 Å². The summed E-state index contributed by atoms with van der Waals surface area (Å²) >= 11 is 11.9. The van der Waals surface area contributed by atoms with Crippen LogP contribution in [0.2, 0.25) is 10.0 Å². The lowest BCUT2D eigenvalue weighted by Gasteiger charge is -2.25. The highest BCUT2D eigenvalue weighted by molar-refractivity contribution is 6.42. The van der Waals surface area contributed by atoms with Gasteiger partial charge in [-0.15, -0.1) is 0 Å². The zero-order valence-corrected chi connectivity index (χ0v) is 16.8. The van der Waals surface area contributed by atoms with Crippen LogP contribution in [0, 0.1) is 11.8 Å². The van der Waals surface area contributed by atoms with Crippen LogP contribution >= 0.6 is 23.2 Å². The van der Waals surface area contributed by atoms with Gasteiger partial charge in [-0.25, -0.2) is 0 Å². The fraction of sp³-hybridized carbons (Fsp3) is 0.579. The number of esters is 1. The van der Waals surface area contributed by atoms with Crippen LogP contribution in [0.25, 0.3) is 0 Å². The third-order valence-corrected chi connectivity index (χ3v) is 4.93. The molecule has 3 atom stereocenters. The molecule has 25 heavy (non-hydrogen) atoms. The van der Waals surface area contributed by atoms with Gasteiger partial charge in [-0.3, -0.25) is 9.59 Å². The van der Waals surface area contributed by atoms with Gasteiger partial charge in [-0.1, -0.05) is 43.1 Å². The molecule has 0 aromatic heterocycles. The molecule has 1 N–H and O–H groups in total. The molecule has 0 spiro atoms. The quantitative estimate of drug-likeness (QED) is 0.621. The van der Waals surface area contributed by atoms with E-state index in [4.69, 9.17) is 27.9 Å². The molecule has 140 valence electrons. The Labute approximate surface area is 159 Å². The van der Waals surface area contributed by atoms with Crippen LogP contribution in [-0.2, 0) is 14.3 Å². The average Bonchev–Trinajstić information content (AvgIpc) is 2.47. The average molecular weight is 389 g/mol. The second kappa shape index (κ2) is 8.91. The first-order valence-electron chi connectivity index (χ1n) is 8.33. The first-order chi connectivity index (χ1) is 11.4. The van der Waals surface area contributed by atoms with Crippen LogP contribution < -0.4 is 0 Å². The van der Waals surface area contributed by atoms with Gasteiger partial charge in [0.15, 0.2) is 0 Å². The Bertz CT molecular complexity index is 622. The number of carboxylic acid groups (broad SMARTS) is 1. The van der Waals surface area contributed by atoms with Crippen molar-refractivity contribution in [3.05, 3.63) is 33.8 Å². The predicted molar refractivity (Wildman–Crippen MR) is 100 cm³/mol. The highest BCUT2D eigenvalue weighted by Gasteiger charge is 2.28. The van der Waals surface area contributed by atoms with Crippen LogP contribution in [-0.4, -0.2) is 22.6 Å². The molecule has 1 aromatic rings. The normalized spacial score (nSPS) is 15.3. The Kier molecular flexibility index (Phi) is 7.76. The number of carboxylic acids is 1. The number of hydrogen-bond donors (Lipinski definition) is 1. The zero-order chi connectivity index (χ0) is 19.4. The van der Waals surface area contributed by atoms with Crippen molar-refractivity contribution in [2.45, 2.75) is 59.0 Å². The van der Waals surface area contributed by atoms with E-state index in [0.717, 1.165) is 0 Å². The van der Waals surface area contributed by atoms with Gasteiger partial charge in [0, 0.05) is 0 Å². The molecule has 0 bridgehead atoms. The van der Waals surface area contributed by atoms with Gasteiger partial charge < -0.3 is 9.84 Å². The zero-order valence-electron chi connectivity index (χ0n) is 15.3. The Morgan fingerprint density at radius 2 is 1.72 bits per heavy atom. The molecule has 0 radical (unpaired) electrons.